The summed E-state index contributed by atoms with van der Waals surface area (Å²) in [6.07, 6.45) is 1.16. The molecule has 1 aliphatic heterocycles. The quantitative estimate of drug-likeness (QED) is 0.788. The average Bonchev–Trinajstić information content (AvgIpc) is 2.84. The summed E-state index contributed by atoms with van der Waals surface area (Å²) in [7, 11) is 0. The molecule has 2 heterocycles. The first-order chi connectivity index (χ1) is 8.08. The number of nitrogens with zero attached hydrogens (tertiary/aromatic N) is 1. The van der Waals surface area contributed by atoms with Crippen LogP contribution in [-0.2, 0) is 5.41 Å². The molecule has 0 aliphatic carbocycles. The van der Waals surface area contributed by atoms with Crippen molar-refractivity contribution in [1.29, 1.82) is 0 Å². The third-order valence-corrected chi connectivity index (χ3v) is 3.86. The molecule has 3 nitrogen and oxygen atoms in total. The van der Waals surface area contributed by atoms with Crippen molar-refractivity contribution < 1.29 is 0 Å². The fourth-order valence-corrected chi connectivity index (χ4v) is 2.78. The summed E-state index contributed by atoms with van der Waals surface area (Å²) < 4.78 is 0. The highest BCUT2D eigenvalue weighted by Crippen LogP contribution is 2.30. The second-order valence-electron chi connectivity index (χ2n) is 5.55. The van der Waals surface area contributed by atoms with Crippen molar-refractivity contribution in [2.75, 3.05) is 13.1 Å². The van der Waals surface area contributed by atoms with Gasteiger partial charge >= 0.3 is 0 Å². The van der Waals surface area contributed by atoms with Crippen molar-refractivity contribution in [3.05, 3.63) is 29.1 Å². The molecule has 1 unspecified atom stereocenters. The molecule has 1 saturated heterocycles. The van der Waals surface area contributed by atoms with Gasteiger partial charge in [0.1, 0.15) is 5.82 Å². The number of hydrogen-bond donors (Lipinski definition) is 2. The average molecular weight is 229 g/mol. The second kappa shape index (κ2) is 3.57. The smallest absolute Gasteiger partial charge is 0.114 e. The van der Waals surface area contributed by atoms with Crippen LogP contribution in [0.2, 0.25) is 0 Å². The van der Waals surface area contributed by atoms with Gasteiger partial charge in [-0.25, -0.2) is 4.98 Å². The number of aromatic nitrogens is 2. The van der Waals surface area contributed by atoms with Crippen LogP contribution in [0.3, 0.4) is 0 Å². The van der Waals surface area contributed by atoms with E-state index < -0.39 is 0 Å². The fraction of sp³-hybridized carbons (Fsp3) is 0.500. The van der Waals surface area contributed by atoms with Crippen molar-refractivity contribution in [2.45, 2.75) is 32.6 Å². The van der Waals surface area contributed by atoms with Gasteiger partial charge in [-0.2, -0.15) is 0 Å². The van der Waals surface area contributed by atoms with E-state index in [1.54, 1.807) is 0 Å². The van der Waals surface area contributed by atoms with Crippen LogP contribution >= 0.6 is 0 Å². The largest absolute Gasteiger partial charge is 0.341 e. The molecule has 1 fully saturated rings. The minimum absolute atomic E-state index is 0.166. The predicted octanol–water partition coefficient (Wildman–Crippen LogP) is 2.43. The van der Waals surface area contributed by atoms with E-state index in [9.17, 15) is 0 Å². The molecule has 3 rings (SSSR count). The highest BCUT2D eigenvalue weighted by Gasteiger charge is 2.33. The summed E-state index contributed by atoms with van der Waals surface area (Å²) in [4.78, 5) is 8.32. The summed E-state index contributed by atoms with van der Waals surface area (Å²) in [5, 5.41) is 3.42. The Morgan fingerprint density at radius 2 is 2.12 bits per heavy atom. The Bertz CT molecular complexity index is 562. The van der Waals surface area contributed by atoms with Gasteiger partial charge < -0.3 is 10.3 Å². The van der Waals surface area contributed by atoms with E-state index >= 15 is 0 Å². The summed E-state index contributed by atoms with van der Waals surface area (Å²) in [5.74, 6) is 1.13. The number of aromatic amines is 1. The summed E-state index contributed by atoms with van der Waals surface area (Å²) in [6.45, 7) is 8.66. The first-order valence-corrected chi connectivity index (χ1v) is 6.27. The van der Waals surface area contributed by atoms with Crippen LogP contribution in [0.25, 0.3) is 11.0 Å². The van der Waals surface area contributed by atoms with Gasteiger partial charge in [-0.15, -0.1) is 0 Å². The Hall–Kier alpha value is -1.35. The molecule has 2 aromatic rings. The first kappa shape index (κ1) is 10.8. The Labute approximate surface area is 102 Å². The first-order valence-electron chi connectivity index (χ1n) is 6.27. The van der Waals surface area contributed by atoms with Gasteiger partial charge in [-0.3, -0.25) is 0 Å². The van der Waals surface area contributed by atoms with E-state index in [1.165, 1.54) is 16.6 Å². The van der Waals surface area contributed by atoms with E-state index in [0.717, 1.165) is 30.9 Å². The van der Waals surface area contributed by atoms with Crippen LogP contribution < -0.4 is 5.32 Å². The number of nitrogens with one attached hydrogen (secondary N) is 2. The van der Waals surface area contributed by atoms with Gasteiger partial charge in [0, 0.05) is 12.0 Å². The standard InChI is InChI=1S/C14H19N3/c1-9-6-10(2)12-11(7-9)16-13(17-12)14(3)4-5-15-8-14/h6-7,15H,4-5,8H2,1-3H3,(H,16,17). The Morgan fingerprint density at radius 1 is 1.29 bits per heavy atom. The van der Waals surface area contributed by atoms with Crippen LogP contribution in [0.15, 0.2) is 12.1 Å². The number of benzene rings is 1. The summed E-state index contributed by atoms with van der Waals surface area (Å²) >= 11 is 0. The normalized spacial score (nSPS) is 24.6. The molecule has 1 atom stereocenters. The second-order valence-corrected chi connectivity index (χ2v) is 5.55. The molecule has 1 aliphatic rings. The maximum Gasteiger partial charge on any atom is 0.114 e. The van der Waals surface area contributed by atoms with E-state index in [2.05, 4.69) is 43.2 Å². The summed E-state index contributed by atoms with van der Waals surface area (Å²) in [6, 6.07) is 4.38. The Morgan fingerprint density at radius 3 is 2.82 bits per heavy atom. The zero-order valence-electron chi connectivity index (χ0n) is 10.7. The monoisotopic (exact) mass is 229 g/mol. The number of fused-ring (bicyclic) bond motifs is 1. The van der Waals surface area contributed by atoms with Crippen molar-refractivity contribution in [1.82, 2.24) is 15.3 Å². The molecular weight excluding hydrogens is 210 g/mol. The van der Waals surface area contributed by atoms with Crippen LogP contribution in [0, 0.1) is 13.8 Å². The zero-order valence-corrected chi connectivity index (χ0v) is 10.7. The highest BCUT2D eigenvalue weighted by atomic mass is 15.0. The van der Waals surface area contributed by atoms with Crippen LogP contribution in [0.4, 0.5) is 0 Å². The Kier molecular flexibility index (Phi) is 2.26. The van der Waals surface area contributed by atoms with Gasteiger partial charge in [0.25, 0.3) is 0 Å². The lowest BCUT2D eigenvalue weighted by Gasteiger charge is -2.18. The van der Waals surface area contributed by atoms with Gasteiger partial charge in [-0.05, 0) is 44.0 Å². The molecule has 0 spiro atoms. The molecule has 3 heteroatoms. The van der Waals surface area contributed by atoms with Crippen molar-refractivity contribution >= 4 is 11.0 Å². The molecule has 0 bridgehead atoms. The van der Waals surface area contributed by atoms with Crippen LogP contribution in [-0.4, -0.2) is 23.1 Å². The van der Waals surface area contributed by atoms with E-state index in [0.29, 0.717) is 0 Å². The molecule has 90 valence electrons. The number of aryl methyl sites for hydroxylation is 2. The molecule has 0 radical (unpaired) electrons. The number of imidazole rings is 1. The van der Waals surface area contributed by atoms with Crippen LogP contribution in [0.1, 0.15) is 30.3 Å². The lowest BCUT2D eigenvalue weighted by atomic mass is 9.89. The minimum atomic E-state index is 0.166. The van der Waals surface area contributed by atoms with Gasteiger partial charge in [0.2, 0.25) is 0 Å². The van der Waals surface area contributed by atoms with Crippen LogP contribution in [0.5, 0.6) is 0 Å². The molecule has 0 amide bonds. The highest BCUT2D eigenvalue weighted by molar-refractivity contribution is 5.79. The minimum Gasteiger partial charge on any atom is -0.341 e. The number of H-pyrrole nitrogens is 1. The summed E-state index contributed by atoms with van der Waals surface area (Å²) in [5.41, 5.74) is 5.01. The number of hydrogen-bond acceptors (Lipinski definition) is 2. The maximum atomic E-state index is 4.81. The van der Waals surface area contributed by atoms with E-state index in [1.807, 2.05) is 0 Å². The molecule has 1 aromatic carbocycles. The third kappa shape index (κ3) is 1.65. The van der Waals surface area contributed by atoms with Crippen molar-refractivity contribution in [3.8, 4) is 0 Å². The third-order valence-electron chi connectivity index (χ3n) is 3.86. The molecule has 1 aromatic heterocycles. The topological polar surface area (TPSA) is 40.7 Å². The van der Waals surface area contributed by atoms with E-state index in [-0.39, 0.29) is 5.41 Å². The van der Waals surface area contributed by atoms with E-state index in [4.69, 9.17) is 4.98 Å². The Balaban J connectivity index is 2.16. The van der Waals surface area contributed by atoms with Crippen molar-refractivity contribution in [3.63, 3.8) is 0 Å². The SMILES string of the molecule is Cc1cc(C)c2nc(C3(C)CCNC3)[nH]c2c1. The predicted molar refractivity (Wildman–Crippen MR) is 70.4 cm³/mol. The molecule has 0 saturated carbocycles. The van der Waals surface area contributed by atoms with Gasteiger partial charge in [0.15, 0.2) is 0 Å². The fourth-order valence-electron chi connectivity index (χ4n) is 2.78. The lowest BCUT2D eigenvalue weighted by Crippen LogP contribution is -2.26. The lowest BCUT2D eigenvalue weighted by molar-refractivity contribution is 0.496. The zero-order chi connectivity index (χ0) is 12.0. The van der Waals surface area contributed by atoms with Gasteiger partial charge in [0.05, 0.1) is 11.0 Å². The molecule has 17 heavy (non-hydrogen) atoms. The molecule has 2 N–H and O–H groups in total. The van der Waals surface area contributed by atoms with Crippen molar-refractivity contribution in [2.24, 2.45) is 0 Å². The van der Waals surface area contributed by atoms with Gasteiger partial charge in [-0.1, -0.05) is 13.0 Å². The maximum absolute atomic E-state index is 4.81. The number of rotatable bonds is 1. The molecular formula is C14H19N3.